The largest absolute Gasteiger partial charge is 0.294 e. The van der Waals surface area contributed by atoms with Gasteiger partial charge in [-0.25, -0.2) is 12.7 Å². The number of hydrogen-bond acceptors (Lipinski definition) is 3. The van der Waals surface area contributed by atoms with Gasteiger partial charge in [-0.1, -0.05) is 23.2 Å². The lowest BCUT2D eigenvalue weighted by molar-refractivity contribution is 0.101. The van der Waals surface area contributed by atoms with E-state index in [0.29, 0.717) is 0 Å². The number of hydrogen-bond donors (Lipinski definition) is 0. The minimum atomic E-state index is -3.69. The normalized spacial score (nSPS) is 11.9. The summed E-state index contributed by atoms with van der Waals surface area (Å²) >= 11 is 11.6. The van der Waals surface area contributed by atoms with Gasteiger partial charge in [0.25, 0.3) is 0 Å². The minimum Gasteiger partial charge on any atom is -0.294 e. The molecule has 0 atom stereocenters. The number of sulfonamides is 1. The first kappa shape index (κ1) is 14.4. The minimum absolute atomic E-state index is 0.00583. The lowest BCUT2D eigenvalue weighted by Crippen LogP contribution is -2.22. The van der Waals surface area contributed by atoms with Gasteiger partial charge in [0, 0.05) is 19.7 Å². The van der Waals surface area contributed by atoms with Crippen molar-refractivity contribution < 1.29 is 13.2 Å². The fourth-order valence-electron chi connectivity index (χ4n) is 1.19. The first-order chi connectivity index (χ1) is 7.67. The van der Waals surface area contributed by atoms with Crippen molar-refractivity contribution in [3.05, 3.63) is 27.7 Å². The molecule has 0 saturated heterocycles. The van der Waals surface area contributed by atoms with Crippen LogP contribution in [0.5, 0.6) is 0 Å². The second-order valence-corrected chi connectivity index (χ2v) is 6.54. The molecule has 1 aromatic rings. The predicted molar refractivity (Wildman–Crippen MR) is 67.3 cm³/mol. The third-order valence-electron chi connectivity index (χ3n) is 2.16. The van der Waals surface area contributed by atoms with Crippen molar-refractivity contribution in [2.24, 2.45) is 0 Å². The van der Waals surface area contributed by atoms with Crippen LogP contribution in [0.1, 0.15) is 17.3 Å². The Morgan fingerprint density at radius 2 is 1.71 bits per heavy atom. The molecule has 0 aliphatic heterocycles. The summed E-state index contributed by atoms with van der Waals surface area (Å²) in [5, 5.41) is 0.133. The van der Waals surface area contributed by atoms with Crippen LogP contribution in [0.25, 0.3) is 0 Å². The molecular formula is C10H11Cl2NO3S. The van der Waals surface area contributed by atoms with Gasteiger partial charge in [0.15, 0.2) is 5.78 Å². The molecule has 0 amide bonds. The smallest absolute Gasteiger partial charge is 0.244 e. The average Bonchev–Trinajstić information content (AvgIpc) is 2.15. The van der Waals surface area contributed by atoms with Gasteiger partial charge in [-0.3, -0.25) is 4.79 Å². The Balaban J connectivity index is 3.57. The molecule has 0 fully saturated rings. The van der Waals surface area contributed by atoms with Crippen LogP contribution in [0.4, 0.5) is 0 Å². The molecule has 1 rings (SSSR count). The summed E-state index contributed by atoms with van der Waals surface area (Å²) in [6.07, 6.45) is 0. The second-order valence-electron chi connectivity index (χ2n) is 3.61. The van der Waals surface area contributed by atoms with Gasteiger partial charge in [-0.15, -0.1) is 0 Å². The van der Waals surface area contributed by atoms with Gasteiger partial charge < -0.3 is 0 Å². The molecule has 0 radical (unpaired) electrons. The molecule has 0 aliphatic rings. The summed E-state index contributed by atoms with van der Waals surface area (Å²) in [6.45, 7) is 1.31. The van der Waals surface area contributed by atoms with Crippen molar-refractivity contribution in [3.8, 4) is 0 Å². The summed E-state index contributed by atoms with van der Waals surface area (Å²) in [6, 6.07) is 2.46. The fraction of sp³-hybridized carbons (Fsp3) is 0.300. The molecule has 1 aromatic carbocycles. The van der Waals surface area contributed by atoms with E-state index in [4.69, 9.17) is 23.2 Å². The Kier molecular flexibility index (Phi) is 4.19. The number of ketones is 1. The van der Waals surface area contributed by atoms with Crippen LogP contribution < -0.4 is 0 Å². The maximum atomic E-state index is 11.9. The van der Waals surface area contributed by atoms with E-state index in [2.05, 4.69) is 0 Å². The Labute approximate surface area is 110 Å². The van der Waals surface area contributed by atoms with Gasteiger partial charge in [0.2, 0.25) is 10.0 Å². The number of Topliss-reactive ketones (excluding diaryl/α,β-unsaturated/α-hetero) is 1. The molecule has 0 spiro atoms. The highest BCUT2D eigenvalue weighted by Crippen LogP contribution is 2.30. The molecule has 0 aromatic heterocycles. The fourth-order valence-corrected chi connectivity index (χ4v) is 2.97. The molecule has 17 heavy (non-hydrogen) atoms. The Hall–Kier alpha value is -0.620. The van der Waals surface area contributed by atoms with E-state index in [9.17, 15) is 13.2 Å². The van der Waals surface area contributed by atoms with E-state index >= 15 is 0 Å². The summed E-state index contributed by atoms with van der Waals surface area (Å²) in [5.74, 6) is -0.318. The topological polar surface area (TPSA) is 54.5 Å². The highest BCUT2D eigenvalue weighted by molar-refractivity contribution is 7.89. The molecule has 0 unspecified atom stereocenters. The molecule has 4 nitrogen and oxygen atoms in total. The van der Waals surface area contributed by atoms with E-state index in [1.165, 1.54) is 33.2 Å². The van der Waals surface area contributed by atoms with Crippen molar-refractivity contribution in [2.75, 3.05) is 14.1 Å². The Morgan fingerprint density at radius 1 is 1.18 bits per heavy atom. The zero-order chi connectivity index (χ0) is 13.4. The molecule has 0 bridgehead atoms. The lowest BCUT2D eigenvalue weighted by atomic mass is 10.1. The number of benzene rings is 1. The first-order valence-electron chi connectivity index (χ1n) is 4.60. The maximum absolute atomic E-state index is 11.9. The molecule has 0 aliphatic carbocycles. The predicted octanol–water partition coefficient (Wildman–Crippen LogP) is 2.45. The number of carbonyl (C=O) groups is 1. The monoisotopic (exact) mass is 295 g/mol. The number of nitrogens with zero attached hydrogens (tertiary/aromatic N) is 1. The summed E-state index contributed by atoms with van der Waals surface area (Å²) in [4.78, 5) is 11.2. The third kappa shape index (κ3) is 2.80. The van der Waals surface area contributed by atoms with Crippen LogP contribution >= 0.6 is 23.2 Å². The average molecular weight is 296 g/mol. The van der Waals surface area contributed by atoms with E-state index in [1.54, 1.807) is 0 Å². The van der Waals surface area contributed by atoms with Gasteiger partial charge in [0.05, 0.1) is 10.0 Å². The van der Waals surface area contributed by atoms with Crippen LogP contribution in [-0.4, -0.2) is 32.6 Å². The molecule has 7 heteroatoms. The molecular weight excluding hydrogens is 285 g/mol. The molecule has 0 saturated carbocycles. The molecule has 0 N–H and O–H groups in total. The van der Waals surface area contributed by atoms with Crippen LogP contribution in [0.15, 0.2) is 17.0 Å². The van der Waals surface area contributed by atoms with E-state index in [-0.39, 0.29) is 26.3 Å². The van der Waals surface area contributed by atoms with Gasteiger partial charge in [-0.2, -0.15) is 0 Å². The van der Waals surface area contributed by atoms with E-state index in [0.717, 1.165) is 4.31 Å². The Bertz CT molecular complexity index is 567. The summed E-state index contributed by atoms with van der Waals surface area (Å²) in [5.41, 5.74) is 0.136. The highest BCUT2D eigenvalue weighted by atomic mass is 35.5. The van der Waals surface area contributed by atoms with Crippen molar-refractivity contribution in [1.82, 2.24) is 4.31 Å². The van der Waals surface area contributed by atoms with Gasteiger partial charge in [-0.05, 0) is 19.1 Å². The van der Waals surface area contributed by atoms with Crippen LogP contribution in [0.2, 0.25) is 10.0 Å². The van der Waals surface area contributed by atoms with E-state index in [1.807, 2.05) is 0 Å². The zero-order valence-corrected chi connectivity index (χ0v) is 11.8. The zero-order valence-electron chi connectivity index (χ0n) is 9.49. The van der Waals surface area contributed by atoms with Crippen molar-refractivity contribution >= 4 is 39.0 Å². The third-order valence-corrected chi connectivity index (χ3v) is 4.75. The number of halogens is 2. The standard InChI is InChI=1S/C10H11Cl2NO3S/c1-6(14)7-4-10(9(12)5-8(7)11)17(15,16)13(2)3/h4-5H,1-3H3. The van der Waals surface area contributed by atoms with E-state index < -0.39 is 10.0 Å². The van der Waals surface area contributed by atoms with Crippen LogP contribution in [0.3, 0.4) is 0 Å². The van der Waals surface area contributed by atoms with Crippen molar-refractivity contribution in [2.45, 2.75) is 11.8 Å². The molecule has 0 heterocycles. The summed E-state index contributed by atoms with van der Waals surface area (Å²) in [7, 11) is -0.925. The quantitative estimate of drug-likeness (QED) is 0.805. The number of rotatable bonds is 3. The SMILES string of the molecule is CC(=O)c1cc(S(=O)(=O)N(C)C)c(Cl)cc1Cl. The second kappa shape index (κ2) is 4.94. The highest BCUT2D eigenvalue weighted by Gasteiger charge is 2.23. The van der Waals surface area contributed by atoms with Crippen molar-refractivity contribution in [1.29, 1.82) is 0 Å². The lowest BCUT2D eigenvalue weighted by Gasteiger charge is -2.14. The van der Waals surface area contributed by atoms with Crippen LogP contribution in [0, 0.1) is 0 Å². The molecule has 94 valence electrons. The van der Waals surface area contributed by atoms with Gasteiger partial charge >= 0.3 is 0 Å². The maximum Gasteiger partial charge on any atom is 0.244 e. The Morgan fingerprint density at radius 3 is 2.12 bits per heavy atom. The number of carbonyl (C=O) groups excluding carboxylic acids is 1. The summed E-state index contributed by atoms with van der Waals surface area (Å²) < 4.78 is 24.9. The van der Waals surface area contributed by atoms with Crippen molar-refractivity contribution in [3.63, 3.8) is 0 Å². The first-order valence-corrected chi connectivity index (χ1v) is 6.80. The van der Waals surface area contributed by atoms with Crippen LogP contribution in [-0.2, 0) is 10.0 Å². The van der Waals surface area contributed by atoms with Gasteiger partial charge in [0.1, 0.15) is 4.90 Å².